The minimum absolute atomic E-state index is 0.0630. The van der Waals surface area contributed by atoms with Gasteiger partial charge in [-0.25, -0.2) is 4.52 Å². The highest BCUT2D eigenvalue weighted by Crippen LogP contribution is 2.38. The van der Waals surface area contributed by atoms with Gasteiger partial charge in [0.25, 0.3) is 5.56 Å². The van der Waals surface area contributed by atoms with Crippen molar-refractivity contribution in [2.75, 3.05) is 7.11 Å². The molecular formula is C13H15N3O3. The highest BCUT2D eigenvalue weighted by atomic mass is 16.5. The lowest BCUT2D eigenvalue weighted by Gasteiger charge is -2.16. The summed E-state index contributed by atoms with van der Waals surface area (Å²) < 4.78 is 6.38. The maximum Gasteiger partial charge on any atom is 0.309 e. The molecule has 1 fully saturated rings. The molecule has 0 amide bonds. The quantitative estimate of drug-likeness (QED) is 0.821. The first kappa shape index (κ1) is 12.0. The van der Waals surface area contributed by atoms with Gasteiger partial charge in [-0.3, -0.25) is 9.59 Å². The number of nitrogens with one attached hydrogen (secondary N) is 1. The first-order valence-electron chi connectivity index (χ1n) is 6.36. The van der Waals surface area contributed by atoms with E-state index in [-0.39, 0.29) is 23.4 Å². The summed E-state index contributed by atoms with van der Waals surface area (Å²) in [5.74, 6) is 0.0764. The van der Waals surface area contributed by atoms with E-state index < -0.39 is 0 Å². The minimum Gasteiger partial charge on any atom is -0.469 e. The summed E-state index contributed by atoms with van der Waals surface area (Å²) in [5, 5.41) is 4.40. The second-order valence-electron chi connectivity index (χ2n) is 4.84. The van der Waals surface area contributed by atoms with Gasteiger partial charge in [0.05, 0.1) is 13.0 Å². The van der Waals surface area contributed by atoms with Crippen molar-refractivity contribution in [2.24, 2.45) is 5.92 Å². The Hall–Kier alpha value is -2.11. The van der Waals surface area contributed by atoms with Gasteiger partial charge in [0.1, 0.15) is 11.3 Å². The normalized spacial score (nSPS) is 22.8. The Balaban J connectivity index is 2.03. The number of H-pyrrole nitrogens is 1. The first-order chi connectivity index (χ1) is 9.20. The largest absolute Gasteiger partial charge is 0.469 e. The number of rotatable bonds is 2. The van der Waals surface area contributed by atoms with Crippen molar-refractivity contribution in [1.82, 2.24) is 14.6 Å². The highest BCUT2D eigenvalue weighted by Gasteiger charge is 2.36. The summed E-state index contributed by atoms with van der Waals surface area (Å²) in [5.41, 5.74) is 0.335. The number of carbonyl (C=O) groups is 1. The smallest absolute Gasteiger partial charge is 0.309 e. The van der Waals surface area contributed by atoms with E-state index in [9.17, 15) is 9.59 Å². The van der Waals surface area contributed by atoms with E-state index in [2.05, 4.69) is 10.1 Å². The fourth-order valence-corrected chi connectivity index (χ4v) is 2.85. The van der Waals surface area contributed by atoms with Crippen LogP contribution in [0.3, 0.4) is 0 Å². The molecule has 2 aromatic rings. The molecule has 2 atom stereocenters. The lowest BCUT2D eigenvalue weighted by Crippen LogP contribution is -2.24. The molecule has 100 valence electrons. The Bertz CT molecular complexity index is 673. The molecule has 0 bridgehead atoms. The molecule has 1 N–H and O–H groups in total. The van der Waals surface area contributed by atoms with Crippen LogP contribution in [0.1, 0.15) is 31.0 Å². The Labute approximate surface area is 109 Å². The maximum absolute atomic E-state index is 11.9. The van der Waals surface area contributed by atoms with Crippen LogP contribution in [0.4, 0.5) is 0 Å². The van der Waals surface area contributed by atoms with Gasteiger partial charge in [-0.15, -0.1) is 0 Å². The standard InChI is InChI=1S/C13H15N3O3/c1-19-13(18)9-5-2-4-8(9)11-14-12(17)10-6-3-7-16(10)15-11/h3,6-9H,2,4-5H2,1H3,(H,14,15,17). The molecule has 2 heterocycles. The van der Waals surface area contributed by atoms with Crippen molar-refractivity contribution in [3.05, 3.63) is 34.5 Å². The second kappa shape index (κ2) is 4.53. The van der Waals surface area contributed by atoms with Gasteiger partial charge in [-0.05, 0) is 25.0 Å². The molecule has 19 heavy (non-hydrogen) atoms. The van der Waals surface area contributed by atoms with Crippen LogP contribution >= 0.6 is 0 Å². The summed E-state index contributed by atoms with van der Waals surface area (Å²) in [6.07, 6.45) is 4.30. The number of hydrogen-bond acceptors (Lipinski definition) is 4. The predicted octanol–water partition coefficient (Wildman–Crippen LogP) is 1.08. The lowest BCUT2D eigenvalue weighted by atomic mass is 9.95. The number of aromatic nitrogens is 3. The SMILES string of the molecule is COC(=O)C1CCCC1c1nn2cccc2c(=O)[nH]1. The molecule has 0 aliphatic heterocycles. The first-order valence-corrected chi connectivity index (χ1v) is 6.36. The Morgan fingerprint density at radius 1 is 1.53 bits per heavy atom. The van der Waals surface area contributed by atoms with Crippen molar-refractivity contribution in [3.8, 4) is 0 Å². The molecule has 0 saturated heterocycles. The fraction of sp³-hybridized carbons (Fsp3) is 0.462. The number of fused-ring (bicyclic) bond motifs is 1. The third-order valence-electron chi connectivity index (χ3n) is 3.79. The average Bonchev–Trinajstić information content (AvgIpc) is 3.05. The molecule has 6 heteroatoms. The van der Waals surface area contributed by atoms with E-state index in [0.29, 0.717) is 11.3 Å². The van der Waals surface area contributed by atoms with Gasteiger partial charge in [0.15, 0.2) is 0 Å². The molecule has 1 saturated carbocycles. The van der Waals surface area contributed by atoms with E-state index in [1.165, 1.54) is 7.11 Å². The number of ether oxygens (including phenoxy) is 1. The number of esters is 1. The lowest BCUT2D eigenvalue weighted by molar-refractivity contribution is -0.145. The fourth-order valence-electron chi connectivity index (χ4n) is 2.85. The predicted molar refractivity (Wildman–Crippen MR) is 67.9 cm³/mol. The van der Waals surface area contributed by atoms with Crippen LogP contribution in [0.5, 0.6) is 0 Å². The van der Waals surface area contributed by atoms with E-state index in [1.54, 1.807) is 22.8 Å². The zero-order chi connectivity index (χ0) is 13.4. The number of aromatic amines is 1. The number of methoxy groups -OCH3 is 1. The summed E-state index contributed by atoms with van der Waals surface area (Å²) in [4.78, 5) is 26.5. The molecule has 1 aliphatic rings. The van der Waals surface area contributed by atoms with Gasteiger partial charge in [-0.2, -0.15) is 5.10 Å². The molecular weight excluding hydrogens is 246 g/mol. The summed E-state index contributed by atoms with van der Waals surface area (Å²) in [7, 11) is 1.39. The van der Waals surface area contributed by atoms with Crippen molar-refractivity contribution >= 4 is 11.5 Å². The van der Waals surface area contributed by atoms with E-state index in [1.807, 2.05) is 0 Å². The maximum atomic E-state index is 11.9. The summed E-state index contributed by atoms with van der Waals surface area (Å²) in [6.45, 7) is 0. The van der Waals surface area contributed by atoms with Crippen LogP contribution in [-0.4, -0.2) is 27.7 Å². The van der Waals surface area contributed by atoms with E-state index >= 15 is 0 Å². The van der Waals surface area contributed by atoms with Crippen LogP contribution < -0.4 is 5.56 Å². The molecule has 0 spiro atoms. The molecule has 0 radical (unpaired) electrons. The topological polar surface area (TPSA) is 76.5 Å². The Kier molecular flexibility index (Phi) is 2.85. The summed E-state index contributed by atoms with van der Waals surface area (Å²) in [6, 6.07) is 3.48. The van der Waals surface area contributed by atoms with Crippen molar-refractivity contribution in [3.63, 3.8) is 0 Å². The average molecular weight is 261 g/mol. The third kappa shape index (κ3) is 1.93. The van der Waals surface area contributed by atoms with Gasteiger partial charge in [-0.1, -0.05) is 6.42 Å². The van der Waals surface area contributed by atoms with Crippen LogP contribution in [0.2, 0.25) is 0 Å². The monoisotopic (exact) mass is 261 g/mol. The molecule has 1 aliphatic carbocycles. The van der Waals surface area contributed by atoms with Gasteiger partial charge in [0.2, 0.25) is 0 Å². The third-order valence-corrected chi connectivity index (χ3v) is 3.79. The zero-order valence-corrected chi connectivity index (χ0v) is 10.6. The highest BCUT2D eigenvalue weighted by molar-refractivity contribution is 5.73. The molecule has 2 aromatic heterocycles. The van der Waals surface area contributed by atoms with Gasteiger partial charge >= 0.3 is 5.97 Å². The Morgan fingerprint density at radius 3 is 3.16 bits per heavy atom. The Morgan fingerprint density at radius 2 is 2.37 bits per heavy atom. The van der Waals surface area contributed by atoms with Crippen molar-refractivity contribution in [1.29, 1.82) is 0 Å². The minimum atomic E-state index is -0.224. The number of carbonyl (C=O) groups excluding carboxylic acids is 1. The molecule has 2 unspecified atom stereocenters. The zero-order valence-electron chi connectivity index (χ0n) is 10.6. The van der Waals surface area contributed by atoms with E-state index in [0.717, 1.165) is 19.3 Å². The van der Waals surface area contributed by atoms with Crippen LogP contribution in [0.25, 0.3) is 5.52 Å². The molecule has 6 nitrogen and oxygen atoms in total. The van der Waals surface area contributed by atoms with Crippen LogP contribution in [0.15, 0.2) is 23.1 Å². The van der Waals surface area contributed by atoms with Crippen molar-refractivity contribution in [2.45, 2.75) is 25.2 Å². The number of hydrogen-bond donors (Lipinski definition) is 1. The summed E-state index contributed by atoms with van der Waals surface area (Å²) >= 11 is 0. The molecule has 0 aromatic carbocycles. The van der Waals surface area contributed by atoms with Gasteiger partial charge < -0.3 is 9.72 Å². The van der Waals surface area contributed by atoms with Crippen LogP contribution in [-0.2, 0) is 9.53 Å². The van der Waals surface area contributed by atoms with Gasteiger partial charge in [0, 0.05) is 12.1 Å². The van der Waals surface area contributed by atoms with E-state index in [4.69, 9.17) is 4.74 Å². The molecule has 3 rings (SSSR count). The van der Waals surface area contributed by atoms with Crippen molar-refractivity contribution < 1.29 is 9.53 Å². The number of nitrogens with zero attached hydrogens (tertiary/aromatic N) is 2. The van der Waals surface area contributed by atoms with Crippen LogP contribution in [0, 0.1) is 5.92 Å². The second-order valence-corrected chi connectivity index (χ2v) is 4.84.